The van der Waals surface area contributed by atoms with Crippen LogP contribution in [0.3, 0.4) is 0 Å². The number of hydrogen-bond donors (Lipinski definition) is 0. The van der Waals surface area contributed by atoms with Gasteiger partial charge in [0.1, 0.15) is 0 Å². The monoisotopic (exact) mass is 149 g/mol. The minimum absolute atomic E-state index is 0.639. The number of ether oxygens (including phenoxy) is 1. The zero-order valence-corrected chi connectivity index (χ0v) is 6.79. The Balaban J connectivity index is 2.86. The molecule has 0 unspecified atom stereocenters. The molecule has 2 nitrogen and oxygen atoms in total. The van der Waals surface area contributed by atoms with Crippen LogP contribution in [0.1, 0.15) is 12.5 Å². The average Bonchev–Trinajstić information content (AvgIpc) is 1.93. The molecule has 0 N–H and O–H groups in total. The third kappa shape index (κ3) is 2.08. The molecule has 0 fully saturated rings. The van der Waals surface area contributed by atoms with Crippen LogP contribution in [-0.2, 0) is 0 Å². The van der Waals surface area contributed by atoms with Crippen LogP contribution in [-0.4, -0.2) is 4.98 Å². The van der Waals surface area contributed by atoms with Gasteiger partial charge in [0.15, 0.2) is 0 Å². The predicted octanol–water partition coefficient (Wildman–Crippen LogP) is 2.30. The van der Waals surface area contributed by atoms with Gasteiger partial charge < -0.3 is 4.74 Å². The van der Waals surface area contributed by atoms with Gasteiger partial charge in [-0.3, -0.25) is 0 Å². The summed E-state index contributed by atoms with van der Waals surface area (Å²) in [7, 11) is 0. The summed E-state index contributed by atoms with van der Waals surface area (Å²) in [5.41, 5.74) is 1.02. The third-order valence-electron chi connectivity index (χ3n) is 1.23. The van der Waals surface area contributed by atoms with Crippen LogP contribution >= 0.6 is 0 Å². The highest BCUT2D eigenvalue weighted by Gasteiger charge is 1.97. The largest absolute Gasteiger partial charge is 0.444 e. The van der Waals surface area contributed by atoms with Crippen molar-refractivity contribution in [1.82, 2.24) is 4.98 Å². The molecule has 0 aliphatic rings. The van der Waals surface area contributed by atoms with Crippen LogP contribution in [0, 0.1) is 6.92 Å². The van der Waals surface area contributed by atoms with Crippen LogP contribution < -0.4 is 4.74 Å². The van der Waals surface area contributed by atoms with Gasteiger partial charge in [-0.2, -0.15) is 0 Å². The first kappa shape index (κ1) is 7.79. The molecule has 1 heterocycles. The summed E-state index contributed by atoms with van der Waals surface area (Å²) in [5, 5.41) is 0. The second-order valence-electron chi connectivity index (χ2n) is 2.43. The molecular weight excluding hydrogens is 138 g/mol. The van der Waals surface area contributed by atoms with Crippen LogP contribution in [0.4, 0.5) is 0 Å². The van der Waals surface area contributed by atoms with Crippen molar-refractivity contribution in [2.24, 2.45) is 0 Å². The molecule has 58 valence electrons. The maximum atomic E-state index is 5.24. The molecule has 0 saturated heterocycles. The van der Waals surface area contributed by atoms with E-state index < -0.39 is 0 Å². The smallest absolute Gasteiger partial charge is 0.221 e. The number of aromatic nitrogens is 1. The molecule has 11 heavy (non-hydrogen) atoms. The van der Waals surface area contributed by atoms with E-state index in [1.165, 1.54) is 0 Å². The molecule has 0 spiro atoms. The van der Waals surface area contributed by atoms with E-state index >= 15 is 0 Å². The Morgan fingerprint density at radius 3 is 2.91 bits per heavy atom. The van der Waals surface area contributed by atoms with Crippen molar-refractivity contribution in [2.75, 3.05) is 0 Å². The zero-order chi connectivity index (χ0) is 8.27. The highest BCUT2D eigenvalue weighted by Crippen LogP contribution is 2.13. The fourth-order valence-electron chi connectivity index (χ4n) is 0.743. The van der Waals surface area contributed by atoms with Crippen molar-refractivity contribution in [3.63, 3.8) is 0 Å². The molecule has 0 aromatic carbocycles. The maximum absolute atomic E-state index is 5.24. The molecule has 0 bridgehead atoms. The van der Waals surface area contributed by atoms with Crippen molar-refractivity contribution >= 4 is 0 Å². The summed E-state index contributed by atoms with van der Waals surface area (Å²) in [4.78, 5) is 4.04. The van der Waals surface area contributed by atoms with Crippen LogP contribution in [0.5, 0.6) is 5.88 Å². The summed E-state index contributed by atoms with van der Waals surface area (Å²) in [5.74, 6) is 1.30. The molecule has 1 aromatic rings. The van der Waals surface area contributed by atoms with Crippen LogP contribution in [0.15, 0.2) is 30.7 Å². The van der Waals surface area contributed by atoms with Crippen LogP contribution in [0.25, 0.3) is 0 Å². The summed E-state index contributed by atoms with van der Waals surface area (Å²) in [6.45, 7) is 7.38. The third-order valence-corrected chi connectivity index (χ3v) is 1.23. The number of nitrogens with zero attached hydrogens (tertiary/aromatic N) is 1. The highest BCUT2D eigenvalue weighted by atomic mass is 16.5. The van der Waals surface area contributed by atoms with Gasteiger partial charge >= 0.3 is 0 Å². The molecular formula is C9H11NO. The number of rotatable bonds is 2. The Kier molecular flexibility index (Phi) is 2.26. The molecule has 0 aliphatic heterocycles. The molecule has 1 aromatic heterocycles. The molecule has 1 rings (SSSR count). The van der Waals surface area contributed by atoms with Crippen molar-refractivity contribution in [1.29, 1.82) is 0 Å². The molecule has 2 heteroatoms. The van der Waals surface area contributed by atoms with Gasteiger partial charge in [-0.15, -0.1) is 0 Å². The SMILES string of the molecule is C=C(C)Oc1ncccc1C. The standard InChI is InChI=1S/C9H11NO/c1-7(2)11-9-8(3)5-4-6-10-9/h4-6H,1H2,2-3H3. The lowest BCUT2D eigenvalue weighted by Crippen LogP contribution is -1.93. The minimum Gasteiger partial charge on any atom is -0.444 e. The van der Waals surface area contributed by atoms with Crippen molar-refractivity contribution in [2.45, 2.75) is 13.8 Å². The quantitative estimate of drug-likeness (QED) is 0.602. The number of allylic oxidation sites excluding steroid dienone is 1. The predicted molar refractivity (Wildman–Crippen MR) is 44.4 cm³/mol. The summed E-state index contributed by atoms with van der Waals surface area (Å²) in [6.07, 6.45) is 1.70. The van der Waals surface area contributed by atoms with Crippen molar-refractivity contribution < 1.29 is 4.74 Å². The van der Waals surface area contributed by atoms with E-state index in [0.29, 0.717) is 11.6 Å². The summed E-state index contributed by atoms with van der Waals surface area (Å²) < 4.78 is 5.24. The normalized spacial score (nSPS) is 9.27. The Morgan fingerprint density at radius 1 is 1.64 bits per heavy atom. The molecule has 0 saturated carbocycles. The number of pyridine rings is 1. The van der Waals surface area contributed by atoms with Gasteiger partial charge in [0.25, 0.3) is 0 Å². The van der Waals surface area contributed by atoms with E-state index in [4.69, 9.17) is 4.74 Å². The lowest BCUT2D eigenvalue weighted by Gasteiger charge is -2.04. The first-order valence-corrected chi connectivity index (χ1v) is 3.45. The number of aryl methyl sites for hydroxylation is 1. The second-order valence-corrected chi connectivity index (χ2v) is 2.43. The van der Waals surface area contributed by atoms with Gasteiger partial charge in [0.2, 0.25) is 5.88 Å². The molecule has 0 radical (unpaired) electrons. The Hall–Kier alpha value is -1.31. The fraction of sp³-hybridized carbons (Fsp3) is 0.222. The van der Waals surface area contributed by atoms with E-state index in [1.54, 1.807) is 13.1 Å². The maximum Gasteiger partial charge on any atom is 0.221 e. The molecule has 0 amide bonds. The van der Waals surface area contributed by atoms with Gasteiger partial charge in [-0.1, -0.05) is 12.6 Å². The zero-order valence-electron chi connectivity index (χ0n) is 6.79. The van der Waals surface area contributed by atoms with Crippen LogP contribution in [0.2, 0.25) is 0 Å². The Labute approximate surface area is 66.5 Å². The highest BCUT2D eigenvalue weighted by molar-refractivity contribution is 5.24. The van der Waals surface area contributed by atoms with Gasteiger partial charge in [0, 0.05) is 11.8 Å². The van der Waals surface area contributed by atoms with E-state index in [0.717, 1.165) is 5.56 Å². The van der Waals surface area contributed by atoms with E-state index in [2.05, 4.69) is 11.6 Å². The first-order chi connectivity index (χ1) is 5.20. The second kappa shape index (κ2) is 3.19. The number of hydrogen-bond acceptors (Lipinski definition) is 2. The lowest BCUT2D eigenvalue weighted by molar-refractivity contribution is 0.410. The van der Waals surface area contributed by atoms with Crippen molar-refractivity contribution in [3.8, 4) is 5.88 Å². The van der Waals surface area contributed by atoms with Gasteiger partial charge in [-0.05, 0) is 19.9 Å². The van der Waals surface area contributed by atoms with Gasteiger partial charge in [0.05, 0.1) is 5.76 Å². The topological polar surface area (TPSA) is 22.1 Å². The van der Waals surface area contributed by atoms with E-state index in [9.17, 15) is 0 Å². The Bertz CT molecular complexity index is 268. The van der Waals surface area contributed by atoms with Crippen molar-refractivity contribution in [3.05, 3.63) is 36.2 Å². The fourth-order valence-corrected chi connectivity index (χ4v) is 0.743. The molecule has 0 aliphatic carbocycles. The Morgan fingerprint density at radius 2 is 2.36 bits per heavy atom. The average molecular weight is 149 g/mol. The molecule has 0 atom stereocenters. The van der Waals surface area contributed by atoms with E-state index in [1.807, 2.05) is 19.1 Å². The first-order valence-electron chi connectivity index (χ1n) is 3.45. The summed E-state index contributed by atoms with van der Waals surface area (Å²) in [6, 6.07) is 3.83. The lowest BCUT2D eigenvalue weighted by atomic mass is 10.3. The summed E-state index contributed by atoms with van der Waals surface area (Å²) >= 11 is 0. The van der Waals surface area contributed by atoms with E-state index in [-0.39, 0.29) is 0 Å². The minimum atomic E-state index is 0.639. The van der Waals surface area contributed by atoms with Gasteiger partial charge in [-0.25, -0.2) is 4.98 Å².